The van der Waals surface area contributed by atoms with E-state index in [0.717, 1.165) is 36.9 Å². The zero-order valence-corrected chi connectivity index (χ0v) is 24.0. The first-order valence-corrected chi connectivity index (χ1v) is 16.1. The summed E-state index contributed by atoms with van der Waals surface area (Å²) in [4.78, 5) is 37.0. The largest absolute Gasteiger partial charge is 0.391 e. The summed E-state index contributed by atoms with van der Waals surface area (Å²) in [6.07, 6.45) is 4.32. The number of aliphatic hydroxyl groups is 1. The Morgan fingerprint density at radius 1 is 0.949 bits per heavy atom. The number of hydrogen-bond donors (Lipinski definition) is 5. The summed E-state index contributed by atoms with van der Waals surface area (Å²) in [5.74, 6) is -0.582. The maximum atomic E-state index is 13.3. The quantitative estimate of drug-likeness (QED) is 0.222. The van der Waals surface area contributed by atoms with E-state index >= 15 is 0 Å². The topological polar surface area (TPSA) is 128 Å². The Kier molecular flexibility index (Phi) is 12.0. The molecule has 214 valence electrons. The molecule has 0 spiro atoms. The van der Waals surface area contributed by atoms with Gasteiger partial charge in [-0.2, -0.15) is 0 Å². The molecule has 39 heavy (non-hydrogen) atoms. The van der Waals surface area contributed by atoms with Crippen LogP contribution in [0.25, 0.3) is 0 Å². The lowest BCUT2D eigenvalue weighted by Gasteiger charge is -2.27. The fraction of sp³-hybridized carbons (Fsp3) is 0.533. The first-order chi connectivity index (χ1) is 18.6. The van der Waals surface area contributed by atoms with Crippen molar-refractivity contribution < 1.29 is 24.2 Å². The fourth-order valence-corrected chi connectivity index (χ4v) is 7.26. The number of amides is 2. The van der Waals surface area contributed by atoms with Crippen molar-refractivity contribution in [2.75, 3.05) is 24.2 Å². The van der Waals surface area contributed by atoms with E-state index in [4.69, 9.17) is 0 Å². The van der Waals surface area contributed by atoms with Gasteiger partial charge < -0.3 is 26.0 Å². The molecule has 0 aromatic heterocycles. The summed E-state index contributed by atoms with van der Waals surface area (Å²) in [6, 6.07) is 17.4. The molecule has 4 atom stereocenters. The van der Waals surface area contributed by atoms with E-state index in [0.29, 0.717) is 0 Å². The third-order valence-corrected chi connectivity index (χ3v) is 9.32. The van der Waals surface area contributed by atoms with Gasteiger partial charge in [0.1, 0.15) is 12.1 Å². The fourth-order valence-electron chi connectivity index (χ4n) is 5.15. The number of aliphatic hydroxyl groups excluding tert-OH is 1. The maximum Gasteiger partial charge on any atom is 0.243 e. The number of nitrogens with one attached hydrogen (secondary N) is 3. The van der Waals surface area contributed by atoms with Crippen molar-refractivity contribution in [3.05, 3.63) is 66.2 Å². The van der Waals surface area contributed by atoms with Gasteiger partial charge in [0, 0.05) is 24.8 Å². The summed E-state index contributed by atoms with van der Waals surface area (Å²) in [6.45, 7) is 3.71. The Balaban J connectivity index is 1.62. The zero-order valence-electron chi connectivity index (χ0n) is 23.1. The Morgan fingerprint density at radius 2 is 1.56 bits per heavy atom. The van der Waals surface area contributed by atoms with E-state index in [1.807, 2.05) is 74.5 Å². The summed E-state index contributed by atoms with van der Waals surface area (Å²) in [7, 11) is -3.52. The van der Waals surface area contributed by atoms with Gasteiger partial charge in [-0.15, -0.1) is 0 Å². The van der Waals surface area contributed by atoms with Gasteiger partial charge in [0.15, 0.2) is 0 Å². The van der Waals surface area contributed by atoms with Crippen LogP contribution in [0.2, 0.25) is 0 Å². The summed E-state index contributed by atoms with van der Waals surface area (Å²) < 4.78 is 12.8. The van der Waals surface area contributed by atoms with Crippen LogP contribution in [0.1, 0.15) is 51.5 Å². The third-order valence-electron chi connectivity index (χ3n) is 7.24. The second-order valence-corrected chi connectivity index (χ2v) is 13.5. The molecular weight excluding hydrogens is 513 g/mol. The molecule has 3 rings (SSSR count). The van der Waals surface area contributed by atoms with Gasteiger partial charge in [-0.3, -0.25) is 14.2 Å². The van der Waals surface area contributed by atoms with Crippen LogP contribution < -0.4 is 16.0 Å². The van der Waals surface area contributed by atoms with Gasteiger partial charge >= 0.3 is 0 Å². The molecule has 0 bridgehead atoms. The standard InChI is InChI=1S/C30H44N3O5P/c1-22(2)28(32-25-16-10-5-11-17-25)30(36)33-27(18-23-12-6-3-7-13-23)29(35)31-19-26(34)21-39(37,38)20-24-14-8-4-9-15-24/h3,5-7,10-13,16-17,22,24,26-28,32,34H,4,8-9,14-15,18-21H2,1-2H3,(H,31,35)(H,33,36)(H,37,38). The van der Waals surface area contributed by atoms with Crippen LogP contribution in [0.5, 0.6) is 0 Å². The van der Waals surface area contributed by atoms with Crippen LogP contribution in [0, 0.1) is 11.8 Å². The lowest BCUT2D eigenvalue weighted by molar-refractivity contribution is -0.130. The highest BCUT2D eigenvalue weighted by atomic mass is 31.2. The molecule has 1 fully saturated rings. The molecule has 1 aliphatic carbocycles. The van der Waals surface area contributed by atoms with E-state index in [-0.39, 0.29) is 43.0 Å². The molecule has 9 heteroatoms. The monoisotopic (exact) mass is 557 g/mol. The van der Waals surface area contributed by atoms with Crippen molar-refractivity contribution in [2.24, 2.45) is 11.8 Å². The number of anilines is 1. The SMILES string of the molecule is CC(C)C(Nc1ccccc1)C(=O)NC(Cc1ccccc1)C(=O)NCC(O)CP(=O)(O)CC1CCCCC1. The van der Waals surface area contributed by atoms with Crippen LogP contribution in [-0.4, -0.2) is 58.9 Å². The highest BCUT2D eigenvalue weighted by Gasteiger charge is 2.30. The lowest BCUT2D eigenvalue weighted by atomic mass is 9.91. The summed E-state index contributed by atoms with van der Waals surface area (Å²) >= 11 is 0. The predicted octanol–water partition coefficient (Wildman–Crippen LogP) is 4.18. The van der Waals surface area contributed by atoms with Crippen LogP contribution in [0.3, 0.4) is 0 Å². The number of carbonyl (C=O) groups excluding carboxylic acids is 2. The van der Waals surface area contributed by atoms with Crippen molar-refractivity contribution in [1.29, 1.82) is 0 Å². The van der Waals surface area contributed by atoms with Gasteiger partial charge in [-0.25, -0.2) is 0 Å². The van der Waals surface area contributed by atoms with E-state index in [2.05, 4.69) is 16.0 Å². The molecule has 2 aromatic rings. The average molecular weight is 558 g/mol. The Labute approximate surface area is 232 Å². The van der Waals surface area contributed by atoms with Crippen LogP contribution in [0.15, 0.2) is 60.7 Å². The van der Waals surface area contributed by atoms with Crippen molar-refractivity contribution in [3.8, 4) is 0 Å². The van der Waals surface area contributed by atoms with Crippen LogP contribution >= 0.6 is 7.37 Å². The van der Waals surface area contributed by atoms with Gasteiger partial charge in [-0.1, -0.05) is 81.6 Å². The minimum atomic E-state index is -3.52. The Hall–Kier alpha value is -2.67. The van der Waals surface area contributed by atoms with Gasteiger partial charge in [0.25, 0.3) is 0 Å². The smallest absolute Gasteiger partial charge is 0.243 e. The number of benzene rings is 2. The molecule has 1 aliphatic rings. The molecule has 2 aromatic carbocycles. The highest BCUT2D eigenvalue weighted by Crippen LogP contribution is 2.45. The molecular formula is C30H44N3O5P. The van der Waals surface area contributed by atoms with Gasteiger partial charge in [0.2, 0.25) is 19.2 Å². The van der Waals surface area contributed by atoms with Crippen molar-refractivity contribution in [1.82, 2.24) is 10.6 Å². The van der Waals surface area contributed by atoms with Crippen molar-refractivity contribution >= 4 is 24.9 Å². The summed E-state index contributed by atoms with van der Waals surface area (Å²) in [5.41, 5.74) is 1.68. The second-order valence-electron chi connectivity index (χ2n) is 11.1. The molecule has 0 radical (unpaired) electrons. The van der Waals surface area contributed by atoms with E-state index in [9.17, 15) is 24.2 Å². The molecule has 2 amide bonds. The van der Waals surface area contributed by atoms with Crippen molar-refractivity contribution in [2.45, 2.75) is 70.6 Å². The minimum absolute atomic E-state index is 0.0460. The maximum absolute atomic E-state index is 13.3. The second kappa shape index (κ2) is 15.2. The average Bonchev–Trinajstić information content (AvgIpc) is 2.91. The Morgan fingerprint density at radius 3 is 2.18 bits per heavy atom. The van der Waals surface area contributed by atoms with Crippen molar-refractivity contribution in [3.63, 3.8) is 0 Å². The first kappa shape index (κ1) is 30.9. The van der Waals surface area contributed by atoms with E-state index in [1.54, 1.807) is 0 Å². The van der Waals surface area contributed by atoms with Gasteiger partial charge in [0.05, 0.1) is 12.3 Å². The molecule has 4 unspecified atom stereocenters. The first-order valence-electron chi connectivity index (χ1n) is 14.1. The van der Waals surface area contributed by atoms with E-state index in [1.165, 1.54) is 6.42 Å². The summed E-state index contributed by atoms with van der Waals surface area (Å²) in [5, 5.41) is 19.3. The number of hydrogen-bond acceptors (Lipinski definition) is 5. The zero-order chi connectivity index (χ0) is 28.3. The molecule has 5 N–H and O–H groups in total. The lowest BCUT2D eigenvalue weighted by Crippen LogP contribution is -2.54. The molecule has 0 aliphatic heterocycles. The van der Waals surface area contributed by atoms with Gasteiger partial charge in [-0.05, 0) is 42.4 Å². The highest BCUT2D eigenvalue weighted by molar-refractivity contribution is 7.58. The minimum Gasteiger partial charge on any atom is -0.391 e. The molecule has 0 heterocycles. The number of para-hydroxylation sites is 1. The van der Waals surface area contributed by atoms with Crippen LogP contribution in [0.4, 0.5) is 5.69 Å². The molecule has 1 saturated carbocycles. The Bertz CT molecular complexity index is 1080. The predicted molar refractivity (Wildman–Crippen MR) is 156 cm³/mol. The van der Waals surface area contributed by atoms with Crippen LogP contribution in [-0.2, 0) is 20.6 Å². The molecule has 0 saturated heterocycles. The number of rotatable bonds is 14. The normalized spacial score (nSPS) is 18.0. The third kappa shape index (κ3) is 10.8. The van der Waals surface area contributed by atoms with E-state index < -0.39 is 31.5 Å². The number of carbonyl (C=O) groups is 2. The molecule has 8 nitrogen and oxygen atoms in total.